The molecule has 13 heavy (non-hydrogen) atoms. The van der Waals surface area contributed by atoms with E-state index in [4.69, 9.17) is 5.11 Å². The minimum Gasteiger partial charge on any atom is -0.478 e. The molecule has 0 radical (unpaired) electrons. The zero-order valence-corrected chi connectivity index (χ0v) is 7.03. The number of carbonyl (C=O) groups is 1. The Morgan fingerprint density at radius 2 is 2.31 bits per heavy atom. The number of aryl methyl sites for hydroxylation is 1. The summed E-state index contributed by atoms with van der Waals surface area (Å²) in [4.78, 5) is 17.6. The van der Waals surface area contributed by atoms with Gasteiger partial charge in [-0.05, 0) is 12.5 Å². The number of H-pyrrole nitrogens is 1. The van der Waals surface area contributed by atoms with E-state index in [9.17, 15) is 4.79 Å². The van der Waals surface area contributed by atoms with E-state index in [2.05, 4.69) is 9.97 Å². The van der Waals surface area contributed by atoms with E-state index in [1.165, 1.54) is 6.20 Å². The highest BCUT2D eigenvalue weighted by molar-refractivity contribution is 6.03. The molecular formula is C9H8N2O2. The Bertz CT molecular complexity index is 473. The van der Waals surface area contributed by atoms with Gasteiger partial charge in [0.05, 0.1) is 17.3 Å². The highest BCUT2D eigenvalue weighted by atomic mass is 16.4. The minimum absolute atomic E-state index is 0.247. The van der Waals surface area contributed by atoms with Crippen LogP contribution in [0.4, 0.5) is 0 Å². The maximum absolute atomic E-state index is 10.8. The van der Waals surface area contributed by atoms with Crippen molar-refractivity contribution in [3.05, 3.63) is 29.7 Å². The zero-order valence-electron chi connectivity index (χ0n) is 7.03. The zero-order chi connectivity index (χ0) is 9.42. The summed E-state index contributed by atoms with van der Waals surface area (Å²) in [6, 6.07) is 0. The number of hydrogen-bond acceptors (Lipinski definition) is 2. The Labute approximate surface area is 74.2 Å². The second kappa shape index (κ2) is 2.58. The Hall–Kier alpha value is -1.84. The van der Waals surface area contributed by atoms with Crippen LogP contribution in [0.1, 0.15) is 15.9 Å². The third-order valence-electron chi connectivity index (χ3n) is 2.01. The molecule has 0 unspecified atom stereocenters. The SMILES string of the molecule is Cc1c[nH]c2cncc(C(=O)O)c12. The van der Waals surface area contributed by atoms with E-state index in [1.54, 1.807) is 12.4 Å². The number of aromatic amines is 1. The lowest BCUT2D eigenvalue weighted by atomic mass is 10.1. The van der Waals surface area contributed by atoms with Crippen molar-refractivity contribution < 1.29 is 9.90 Å². The lowest BCUT2D eigenvalue weighted by Gasteiger charge is -1.96. The summed E-state index contributed by atoms with van der Waals surface area (Å²) < 4.78 is 0. The number of nitrogens with zero attached hydrogens (tertiary/aromatic N) is 1. The highest BCUT2D eigenvalue weighted by Gasteiger charge is 2.11. The third-order valence-corrected chi connectivity index (χ3v) is 2.01. The lowest BCUT2D eigenvalue weighted by molar-refractivity contribution is 0.0698. The molecule has 66 valence electrons. The monoisotopic (exact) mass is 176 g/mol. The number of carboxylic acids is 1. The summed E-state index contributed by atoms with van der Waals surface area (Å²) in [5.41, 5.74) is 1.93. The molecule has 2 rings (SSSR count). The lowest BCUT2D eigenvalue weighted by Crippen LogP contribution is -1.98. The van der Waals surface area contributed by atoms with Crippen LogP contribution >= 0.6 is 0 Å². The predicted molar refractivity (Wildman–Crippen MR) is 47.8 cm³/mol. The summed E-state index contributed by atoms with van der Waals surface area (Å²) >= 11 is 0. The van der Waals surface area contributed by atoms with Crippen molar-refractivity contribution in [2.45, 2.75) is 6.92 Å². The summed E-state index contributed by atoms with van der Waals surface area (Å²) in [6.07, 6.45) is 4.76. The van der Waals surface area contributed by atoms with Gasteiger partial charge in [0, 0.05) is 17.8 Å². The molecule has 0 saturated heterocycles. The third kappa shape index (κ3) is 1.07. The Kier molecular flexibility index (Phi) is 1.55. The Morgan fingerprint density at radius 3 is 3.00 bits per heavy atom. The van der Waals surface area contributed by atoms with Gasteiger partial charge in [0.2, 0.25) is 0 Å². The van der Waals surface area contributed by atoms with Crippen LogP contribution in [-0.2, 0) is 0 Å². The van der Waals surface area contributed by atoms with Crippen LogP contribution < -0.4 is 0 Å². The first-order valence-electron chi connectivity index (χ1n) is 3.85. The number of fused-ring (bicyclic) bond motifs is 1. The molecule has 2 N–H and O–H groups in total. The van der Waals surface area contributed by atoms with Gasteiger partial charge < -0.3 is 10.1 Å². The van der Waals surface area contributed by atoms with Crippen molar-refractivity contribution >= 4 is 16.9 Å². The molecule has 0 spiro atoms. The number of aromatic nitrogens is 2. The second-order valence-electron chi connectivity index (χ2n) is 2.89. The molecule has 0 bridgehead atoms. The number of nitrogens with one attached hydrogen (secondary N) is 1. The van der Waals surface area contributed by atoms with Gasteiger partial charge in [-0.2, -0.15) is 0 Å². The largest absolute Gasteiger partial charge is 0.478 e. The average molecular weight is 176 g/mol. The van der Waals surface area contributed by atoms with Crippen LogP contribution in [0, 0.1) is 6.92 Å². The highest BCUT2D eigenvalue weighted by Crippen LogP contribution is 2.20. The van der Waals surface area contributed by atoms with Gasteiger partial charge in [-0.1, -0.05) is 0 Å². The van der Waals surface area contributed by atoms with Crippen LogP contribution in [-0.4, -0.2) is 21.0 Å². The van der Waals surface area contributed by atoms with E-state index in [-0.39, 0.29) is 5.56 Å². The van der Waals surface area contributed by atoms with Gasteiger partial charge in [-0.25, -0.2) is 4.79 Å². The molecule has 2 aromatic rings. The first kappa shape index (κ1) is 7.79. The fourth-order valence-electron chi connectivity index (χ4n) is 1.42. The molecule has 2 heterocycles. The second-order valence-corrected chi connectivity index (χ2v) is 2.89. The molecule has 2 aromatic heterocycles. The number of aromatic carboxylic acids is 1. The molecule has 0 aliphatic carbocycles. The van der Waals surface area contributed by atoms with Crippen LogP contribution in [0.15, 0.2) is 18.6 Å². The van der Waals surface area contributed by atoms with Gasteiger partial charge in [-0.15, -0.1) is 0 Å². The Balaban J connectivity index is 2.88. The molecule has 0 atom stereocenters. The predicted octanol–water partition coefficient (Wildman–Crippen LogP) is 1.57. The molecule has 4 heteroatoms. The fraction of sp³-hybridized carbons (Fsp3) is 0.111. The summed E-state index contributed by atoms with van der Waals surface area (Å²) in [7, 11) is 0. The first-order valence-corrected chi connectivity index (χ1v) is 3.85. The summed E-state index contributed by atoms with van der Waals surface area (Å²) in [5.74, 6) is -0.944. The van der Waals surface area contributed by atoms with Crippen LogP contribution in [0.25, 0.3) is 10.9 Å². The minimum atomic E-state index is -0.944. The van der Waals surface area contributed by atoms with Gasteiger partial charge >= 0.3 is 5.97 Å². The first-order chi connectivity index (χ1) is 6.20. The molecule has 0 aliphatic heterocycles. The average Bonchev–Trinajstić information content (AvgIpc) is 2.48. The van der Waals surface area contributed by atoms with Gasteiger partial charge in [0.1, 0.15) is 0 Å². The van der Waals surface area contributed by atoms with Crippen molar-refractivity contribution in [2.24, 2.45) is 0 Å². The number of rotatable bonds is 1. The molecule has 0 aromatic carbocycles. The van der Waals surface area contributed by atoms with Crippen LogP contribution in [0.3, 0.4) is 0 Å². The van der Waals surface area contributed by atoms with Crippen LogP contribution in [0.5, 0.6) is 0 Å². The van der Waals surface area contributed by atoms with Gasteiger partial charge in [0.25, 0.3) is 0 Å². The van der Waals surface area contributed by atoms with Gasteiger partial charge in [0.15, 0.2) is 0 Å². The molecule has 0 amide bonds. The van der Waals surface area contributed by atoms with Crippen LogP contribution in [0.2, 0.25) is 0 Å². The van der Waals surface area contributed by atoms with Crippen molar-refractivity contribution in [3.8, 4) is 0 Å². The van der Waals surface area contributed by atoms with E-state index in [0.29, 0.717) is 0 Å². The van der Waals surface area contributed by atoms with E-state index < -0.39 is 5.97 Å². The normalized spacial score (nSPS) is 10.5. The van der Waals surface area contributed by atoms with Crippen molar-refractivity contribution in [1.29, 1.82) is 0 Å². The van der Waals surface area contributed by atoms with Gasteiger partial charge in [-0.3, -0.25) is 4.98 Å². The quantitative estimate of drug-likeness (QED) is 0.693. The Morgan fingerprint density at radius 1 is 1.54 bits per heavy atom. The summed E-state index contributed by atoms with van der Waals surface area (Å²) in [5, 5.41) is 9.61. The topological polar surface area (TPSA) is 66.0 Å². The fourth-order valence-corrected chi connectivity index (χ4v) is 1.42. The molecule has 0 fully saturated rings. The molecule has 0 aliphatic rings. The molecule has 4 nitrogen and oxygen atoms in total. The maximum atomic E-state index is 10.8. The van der Waals surface area contributed by atoms with Crippen molar-refractivity contribution in [2.75, 3.05) is 0 Å². The summed E-state index contributed by atoms with van der Waals surface area (Å²) in [6.45, 7) is 1.87. The molecule has 0 saturated carbocycles. The smallest absolute Gasteiger partial charge is 0.337 e. The standard InChI is InChI=1S/C9H8N2O2/c1-5-2-11-7-4-10-3-6(8(5)7)9(12)13/h2-4,11H,1H3,(H,12,13). The van der Waals surface area contributed by atoms with E-state index >= 15 is 0 Å². The molecular weight excluding hydrogens is 168 g/mol. The van der Waals surface area contributed by atoms with E-state index in [0.717, 1.165) is 16.5 Å². The maximum Gasteiger partial charge on any atom is 0.337 e. The van der Waals surface area contributed by atoms with Crippen molar-refractivity contribution in [1.82, 2.24) is 9.97 Å². The number of hydrogen-bond donors (Lipinski definition) is 2. The van der Waals surface area contributed by atoms with Crippen molar-refractivity contribution in [3.63, 3.8) is 0 Å². The number of carboxylic acid groups (broad SMARTS) is 1. The number of pyridine rings is 1. The van der Waals surface area contributed by atoms with E-state index in [1.807, 2.05) is 6.92 Å².